The molecule has 3 rings (SSSR count). The molecule has 0 heterocycles. The van der Waals surface area contributed by atoms with Crippen LogP contribution in [0.5, 0.6) is 0 Å². The summed E-state index contributed by atoms with van der Waals surface area (Å²) in [5.41, 5.74) is 7.61. The summed E-state index contributed by atoms with van der Waals surface area (Å²) in [6.45, 7) is 19.0. The molecule has 0 radical (unpaired) electrons. The van der Waals surface area contributed by atoms with E-state index in [0.29, 0.717) is 5.56 Å². The van der Waals surface area contributed by atoms with Crippen LogP contribution in [0.25, 0.3) is 11.1 Å². The van der Waals surface area contributed by atoms with E-state index < -0.39 is 23.8 Å². The zero-order chi connectivity index (χ0) is 34.8. The number of nitrogens with zero attached hydrogens (tertiary/aromatic N) is 1. The number of hydroxylamine groups is 1. The molecule has 0 saturated heterocycles. The van der Waals surface area contributed by atoms with Crippen LogP contribution < -0.4 is 10.8 Å². The van der Waals surface area contributed by atoms with E-state index in [1.54, 1.807) is 24.3 Å². The number of hydrogen-bond donors (Lipinski definition) is 3. The van der Waals surface area contributed by atoms with Gasteiger partial charge >= 0.3 is 0 Å². The van der Waals surface area contributed by atoms with Gasteiger partial charge in [-0.1, -0.05) is 146 Å². The minimum Gasteiger partial charge on any atom is -0.357 e. The summed E-state index contributed by atoms with van der Waals surface area (Å²) in [5, 5.41) is 11.1. The van der Waals surface area contributed by atoms with Crippen molar-refractivity contribution in [2.24, 2.45) is 0 Å². The van der Waals surface area contributed by atoms with E-state index >= 15 is 0 Å². The highest BCUT2D eigenvalue weighted by Gasteiger charge is 2.33. The SMILES string of the molecule is CC.CCCC.CCCC.CCc1ccc(C)cc1.CNC(=O)C(C(=O)NO)N(C)C(=O)c1ccc(-c2ccc(C)cc2)cc1. The van der Waals surface area contributed by atoms with E-state index in [2.05, 4.69) is 71.1 Å². The van der Waals surface area contributed by atoms with Gasteiger partial charge in [0, 0.05) is 19.7 Å². The smallest absolute Gasteiger partial charge is 0.275 e. The molecule has 45 heavy (non-hydrogen) atoms. The Hall–Kier alpha value is -3.97. The molecule has 7 heteroatoms. The van der Waals surface area contributed by atoms with Gasteiger partial charge in [0.15, 0.2) is 6.04 Å². The van der Waals surface area contributed by atoms with Gasteiger partial charge in [0.05, 0.1) is 0 Å². The van der Waals surface area contributed by atoms with Crippen LogP contribution in [0.2, 0.25) is 0 Å². The zero-order valence-electron chi connectivity index (χ0n) is 29.7. The molecule has 1 unspecified atom stereocenters. The molecule has 0 saturated carbocycles. The molecular formula is C38H59N3O4. The fraction of sp³-hybridized carbons (Fsp3) is 0.447. The highest BCUT2D eigenvalue weighted by atomic mass is 16.5. The highest BCUT2D eigenvalue weighted by molar-refractivity contribution is 6.08. The Labute approximate surface area is 273 Å². The van der Waals surface area contributed by atoms with Crippen molar-refractivity contribution in [2.75, 3.05) is 14.1 Å². The molecule has 3 amide bonds. The lowest BCUT2D eigenvalue weighted by Gasteiger charge is -2.25. The molecule has 3 N–H and O–H groups in total. The van der Waals surface area contributed by atoms with Gasteiger partial charge in [0.2, 0.25) is 0 Å². The second kappa shape index (κ2) is 26.4. The van der Waals surface area contributed by atoms with Gasteiger partial charge in [-0.05, 0) is 49.1 Å². The summed E-state index contributed by atoms with van der Waals surface area (Å²) in [4.78, 5) is 37.2. The first-order valence-electron chi connectivity index (χ1n) is 16.2. The number of benzene rings is 3. The average Bonchev–Trinajstić information content (AvgIpc) is 3.09. The van der Waals surface area contributed by atoms with Gasteiger partial charge in [0.25, 0.3) is 17.7 Å². The molecule has 0 fully saturated rings. The van der Waals surface area contributed by atoms with Gasteiger partial charge in [-0.15, -0.1) is 0 Å². The number of nitrogens with one attached hydrogen (secondary N) is 2. The molecule has 7 nitrogen and oxygen atoms in total. The molecule has 1 atom stereocenters. The largest absolute Gasteiger partial charge is 0.357 e. The van der Waals surface area contributed by atoms with Crippen LogP contribution in [0.4, 0.5) is 0 Å². The lowest BCUT2D eigenvalue weighted by molar-refractivity contribution is -0.140. The quantitative estimate of drug-likeness (QED) is 0.133. The minimum atomic E-state index is -1.48. The number of carbonyl (C=O) groups excluding carboxylic acids is 3. The molecule has 3 aromatic rings. The van der Waals surface area contributed by atoms with Crippen molar-refractivity contribution in [1.82, 2.24) is 15.7 Å². The molecule has 0 aromatic heterocycles. The predicted octanol–water partition coefficient (Wildman–Crippen LogP) is 8.55. The molecule has 0 aliphatic rings. The Bertz CT molecular complexity index is 1170. The average molecular weight is 622 g/mol. The maximum Gasteiger partial charge on any atom is 0.275 e. The Morgan fingerprint density at radius 3 is 1.38 bits per heavy atom. The number of carbonyl (C=O) groups is 3. The van der Waals surface area contributed by atoms with Gasteiger partial charge in [-0.3, -0.25) is 19.6 Å². The molecule has 0 spiro atoms. The van der Waals surface area contributed by atoms with Crippen LogP contribution in [0.1, 0.15) is 101 Å². The van der Waals surface area contributed by atoms with E-state index in [0.717, 1.165) is 28.0 Å². The lowest BCUT2D eigenvalue weighted by atomic mass is 10.0. The van der Waals surface area contributed by atoms with Crippen molar-refractivity contribution in [2.45, 2.75) is 100 Å². The van der Waals surface area contributed by atoms with Crippen molar-refractivity contribution >= 4 is 17.7 Å². The monoisotopic (exact) mass is 621 g/mol. The number of aryl methyl sites for hydroxylation is 3. The lowest BCUT2D eigenvalue weighted by Crippen LogP contribution is -2.54. The summed E-state index contributed by atoms with van der Waals surface area (Å²) in [6.07, 6.45) is 6.42. The second-order valence-electron chi connectivity index (χ2n) is 10.2. The van der Waals surface area contributed by atoms with Crippen molar-refractivity contribution in [3.63, 3.8) is 0 Å². The Kier molecular flexibility index (Phi) is 25.4. The van der Waals surface area contributed by atoms with Crippen molar-refractivity contribution in [3.05, 3.63) is 95.1 Å². The van der Waals surface area contributed by atoms with Crippen LogP contribution in [0, 0.1) is 13.8 Å². The molecule has 3 aromatic carbocycles. The summed E-state index contributed by atoms with van der Waals surface area (Å²) in [5.74, 6) is -2.21. The van der Waals surface area contributed by atoms with Crippen LogP contribution in [0.15, 0.2) is 72.8 Å². The van der Waals surface area contributed by atoms with Crippen molar-refractivity contribution in [1.29, 1.82) is 0 Å². The van der Waals surface area contributed by atoms with Gasteiger partial charge in [0.1, 0.15) is 0 Å². The van der Waals surface area contributed by atoms with Gasteiger partial charge in [-0.2, -0.15) is 0 Å². The Morgan fingerprint density at radius 1 is 0.667 bits per heavy atom. The first-order valence-corrected chi connectivity index (χ1v) is 16.2. The molecule has 0 aliphatic heterocycles. The van der Waals surface area contributed by atoms with Crippen LogP contribution in [-0.4, -0.2) is 48.0 Å². The number of hydrogen-bond acceptors (Lipinski definition) is 4. The first-order chi connectivity index (χ1) is 21.5. The summed E-state index contributed by atoms with van der Waals surface area (Å²) in [7, 11) is 2.67. The fourth-order valence-corrected chi connectivity index (χ4v) is 3.36. The summed E-state index contributed by atoms with van der Waals surface area (Å²) in [6, 6.07) is 22.0. The minimum absolute atomic E-state index is 0.322. The standard InChI is InChI=1S/C19H21N3O4.C9H12.2C4H10.C2H6/c1-12-4-6-13(7-5-12)14-8-10-15(11-9-14)19(25)22(3)16(17(23)20-2)18(24)21-26;1-3-9-6-4-8(2)5-7-9;2*1-3-4-2;1-2/h4-11,16,26H,1-3H3,(H,20,23)(H,21,24);4-7H,3H2,1-2H3;2*3-4H2,1-2H3;1-2H3. The fourth-order valence-electron chi connectivity index (χ4n) is 3.36. The predicted molar refractivity (Wildman–Crippen MR) is 190 cm³/mol. The maximum absolute atomic E-state index is 12.6. The number of rotatable bonds is 8. The zero-order valence-corrected chi connectivity index (χ0v) is 29.7. The maximum atomic E-state index is 12.6. The number of unbranched alkanes of at least 4 members (excludes halogenated alkanes) is 2. The first kappa shape index (κ1) is 43.2. The van der Waals surface area contributed by atoms with E-state index in [4.69, 9.17) is 5.21 Å². The molecule has 250 valence electrons. The summed E-state index contributed by atoms with van der Waals surface area (Å²) >= 11 is 0. The van der Waals surface area contributed by atoms with Crippen molar-refractivity contribution in [3.8, 4) is 11.1 Å². The van der Waals surface area contributed by atoms with Gasteiger partial charge < -0.3 is 10.2 Å². The van der Waals surface area contributed by atoms with E-state index in [-0.39, 0.29) is 0 Å². The van der Waals surface area contributed by atoms with E-state index in [1.165, 1.54) is 56.4 Å². The molecule has 0 bridgehead atoms. The van der Waals surface area contributed by atoms with Crippen LogP contribution >= 0.6 is 0 Å². The molecular weight excluding hydrogens is 562 g/mol. The second-order valence-corrected chi connectivity index (χ2v) is 10.2. The normalized spacial score (nSPS) is 9.96. The third-order valence-electron chi connectivity index (χ3n) is 6.61. The van der Waals surface area contributed by atoms with E-state index in [1.807, 2.05) is 45.0 Å². The van der Waals surface area contributed by atoms with Crippen LogP contribution in [0.3, 0.4) is 0 Å². The summed E-state index contributed by atoms with van der Waals surface area (Å²) < 4.78 is 0. The Morgan fingerprint density at radius 2 is 1.04 bits per heavy atom. The highest BCUT2D eigenvalue weighted by Crippen LogP contribution is 2.21. The van der Waals surface area contributed by atoms with Crippen LogP contribution in [-0.2, 0) is 16.0 Å². The number of amides is 3. The third kappa shape index (κ3) is 17.2. The third-order valence-corrected chi connectivity index (χ3v) is 6.61. The van der Waals surface area contributed by atoms with Gasteiger partial charge in [-0.25, -0.2) is 5.48 Å². The Balaban J connectivity index is 0. The topological polar surface area (TPSA) is 98.7 Å². The van der Waals surface area contributed by atoms with E-state index in [9.17, 15) is 14.4 Å². The van der Waals surface area contributed by atoms with Crippen molar-refractivity contribution < 1.29 is 19.6 Å². The number of likely N-dealkylation sites (N-methyl/N-ethyl adjacent to an activating group) is 2. The molecule has 0 aliphatic carbocycles.